The predicted molar refractivity (Wildman–Crippen MR) is 81.8 cm³/mol. The summed E-state index contributed by atoms with van der Waals surface area (Å²) in [6.07, 6.45) is 3.16. The Hall–Kier alpha value is -2.09. The molecule has 0 aliphatic rings. The number of carbonyl (C=O) groups is 1. The van der Waals surface area contributed by atoms with Crippen molar-refractivity contribution >= 4 is 33.7 Å². The fourth-order valence-corrected chi connectivity index (χ4v) is 2.36. The van der Waals surface area contributed by atoms with Gasteiger partial charge in [0.25, 0.3) is 0 Å². The third-order valence-electron chi connectivity index (χ3n) is 2.78. The number of nitro groups is 1. The van der Waals surface area contributed by atoms with E-state index < -0.39 is 10.9 Å². The number of carboxylic acid groups (broad SMARTS) is 1. The number of nitrogens with zero attached hydrogens (tertiary/aromatic N) is 2. The first-order valence-electron chi connectivity index (χ1n) is 5.84. The van der Waals surface area contributed by atoms with Gasteiger partial charge in [0.1, 0.15) is 5.56 Å². The predicted octanol–water partition coefficient (Wildman–Crippen LogP) is 2.90. The van der Waals surface area contributed by atoms with Crippen LogP contribution in [0.25, 0.3) is 6.08 Å². The lowest BCUT2D eigenvalue weighted by Gasteiger charge is -2.14. The van der Waals surface area contributed by atoms with Gasteiger partial charge in [-0.3, -0.25) is 10.1 Å². The Labute approximate surface area is 130 Å². The number of ether oxygens (including phenoxy) is 1. The van der Waals surface area contributed by atoms with Crippen LogP contribution in [0.4, 0.5) is 5.69 Å². The number of hydrogen-bond donors (Lipinski definition) is 1. The van der Waals surface area contributed by atoms with E-state index in [4.69, 9.17) is 4.74 Å². The van der Waals surface area contributed by atoms with Gasteiger partial charge in [-0.1, -0.05) is 0 Å². The molecule has 114 valence electrons. The van der Waals surface area contributed by atoms with E-state index in [1.54, 1.807) is 32.1 Å². The zero-order valence-electron chi connectivity index (χ0n) is 12.0. The standard InChI is InChI=1S/C13H15BrN2O5/c1-7-9(13(17)18)12(21-4)11(16(19)20)8(10(7)14)5-6-15(2)3/h5-6H,1-4H3,(H,17,18). The van der Waals surface area contributed by atoms with Crippen molar-refractivity contribution in [2.45, 2.75) is 6.92 Å². The highest BCUT2D eigenvalue weighted by molar-refractivity contribution is 9.10. The number of nitro benzene ring substituents is 1. The fraction of sp³-hybridized carbons (Fsp3) is 0.308. The molecular formula is C13H15BrN2O5. The second-order valence-electron chi connectivity index (χ2n) is 4.45. The SMILES string of the molecule is COc1c(C(=O)O)c(C)c(Br)c(C=CN(C)C)c1[N+](=O)[O-]. The maximum Gasteiger partial charge on any atom is 0.340 e. The summed E-state index contributed by atoms with van der Waals surface area (Å²) < 4.78 is 5.34. The number of carboxylic acids is 1. The lowest BCUT2D eigenvalue weighted by molar-refractivity contribution is -0.386. The van der Waals surface area contributed by atoms with Gasteiger partial charge in [0, 0.05) is 18.6 Å². The van der Waals surface area contributed by atoms with Crippen LogP contribution in [0.2, 0.25) is 0 Å². The maximum absolute atomic E-state index is 11.4. The Kier molecular flexibility index (Phi) is 5.31. The summed E-state index contributed by atoms with van der Waals surface area (Å²) in [5.74, 6) is -1.54. The number of benzene rings is 1. The number of hydrogen-bond acceptors (Lipinski definition) is 5. The molecule has 21 heavy (non-hydrogen) atoms. The minimum Gasteiger partial charge on any atom is -0.490 e. The molecule has 0 radical (unpaired) electrons. The molecule has 0 amide bonds. The van der Waals surface area contributed by atoms with Gasteiger partial charge in [0.2, 0.25) is 5.75 Å². The number of methoxy groups -OCH3 is 1. The van der Waals surface area contributed by atoms with Gasteiger partial charge >= 0.3 is 11.7 Å². The van der Waals surface area contributed by atoms with E-state index in [9.17, 15) is 20.0 Å². The number of rotatable bonds is 5. The Morgan fingerprint density at radius 1 is 1.48 bits per heavy atom. The summed E-state index contributed by atoms with van der Waals surface area (Å²) in [6, 6.07) is 0. The zero-order valence-corrected chi connectivity index (χ0v) is 13.6. The highest BCUT2D eigenvalue weighted by Crippen LogP contribution is 2.42. The molecule has 0 aliphatic carbocycles. The first-order valence-corrected chi connectivity index (χ1v) is 6.64. The van der Waals surface area contributed by atoms with E-state index in [0.29, 0.717) is 10.0 Å². The van der Waals surface area contributed by atoms with Crippen molar-refractivity contribution in [3.05, 3.63) is 37.5 Å². The van der Waals surface area contributed by atoms with E-state index in [1.165, 1.54) is 13.2 Å². The minimum absolute atomic E-state index is 0.224. The second-order valence-corrected chi connectivity index (χ2v) is 5.24. The summed E-state index contributed by atoms with van der Waals surface area (Å²) in [4.78, 5) is 23.8. The van der Waals surface area contributed by atoms with Gasteiger partial charge in [-0.05, 0) is 40.7 Å². The highest BCUT2D eigenvalue weighted by atomic mass is 79.9. The van der Waals surface area contributed by atoms with Gasteiger partial charge in [-0.2, -0.15) is 0 Å². The first kappa shape index (κ1) is 17.0. The quantitative estimate of drug-likeness (QED) is 0.642. The van der Waals surface area contributed by atoms with Gasteiger partial charge in [-0.25, -0.2) is 4.79 Å². The summed E-state index contributed by atoms with van der Waals surface area (Å²) in [5.41, 5.74) is 0.0139. The van der Waals surface area contributed by atoms with Crippen LogP contribution in [0.3, 0.4) is 0 Å². The third kappa shape index (κ3) is 3.33. The van der Waals surface area contributed by atoms with Gasteiger partial charge in [-0.15, -0.1) is 0 Å². The molecular weight excluding hydrogens is 344 g/mol. The van der Waals surface area contributed by atoms with Crippen molar-refractivity contribution in [3.63, 3.8) is 0 Å². The largest absolute Gasteiger partial charge is 0.490 e. The van der Waals surface area contributed by atoms with E-state index in [0.717, 1.165) is 0 Å². The van der Waals surface area contributed by atoms with Crippen LogP contribution in [0.1, 0.15) is 21.5 Å². The van der Waals surface area contributed by atoms with Crippen LogP contribution in [0.15, 0.2) is 10.7 Å². The van der Waals surface area contributed by atoms with Crippen molar-refractivity contribution in [2.24, 2.45) is 0 Å². The van der Waals surface area contributed by atoms with Crippen LogP contribution in [-0.4, -0.2) is 42.1 Å². The molecule has 1 aromatic carbocycles. The highest BCUT2D eigenvalue weighted by Gasteiger charge is 2.31. The molecule has 1 aromatic rings. The minimum atomic E-state index is -1.28. The smallest absolute Gasteiger partial charge is 0.340 e. The lowest BCUT2D eigenvalue weighted by Crippen LogP contribution is -2.09. The topological polar surface area (TPSA) is 92.9 Å². The molecule has 0 saturated heterocycles. The molecule has 1 rings (SSSR count). The molecule has 0 atom stereocenters. The van der Waals surface area contributed by atoms with Crippen LogP contribution >= 0.6 is 15.9 Å². The van der Waals surface area contributed by atoms with Crippen LogP contribution in [0, 0.1) is 17.0 Å². The Morgan fingerprint density at radius 3 is 2.43 bits per heavy atom. The van der Waals surface area contributed by atoms with Crippen molar-refractivity contribution in [2.75, 3.05) is 21.2 Å². The Balaban J connectivity index is 3.84. The number of aromatic carboxylic acids is 1. The molecule has 0 aromatic heterocycles. The monoisotopic (exact) mass is 358 g/mol. The van der Waals surface area contributed by atoms with Crippen molar-refractivity contribution in [3.8, 4) is 5.75 Å². The third-order valence-corrected chi connectivity index (χ3v) is 3.80. The molecule has 0 bridgehead atoms. The van der Waals surface area contributed by atoms with E-state index >= 15 is 0 Å². The van der Waals surface area contributed by atoms with Gasteiger partial charge in [0.15, 0.2) is 0 Å². The van der Waals surface area contributed by atoms with Gasteiger partial charge < -0.3 is 14.7 Å². The molecule has 8 heteroatoms. The molecule has 1 N–H and O–H groups in total. The molecule has 0 fully saturated rings. The van der Waals surface area contributed by atoms with Gasteiger partial charge in [0.05, 0.1) is 17.6 Å². The molecule has 0 heterocycles. The second kappa shape index (κ2) is 6.57. The van der Waals surface area contributed by atoms with Crippen molar-refractivity contribution in [1.29, 1.82) is 0 Å². The Morgan fingerprint density at radius 2 is 2.05 bits per heavy atom. The van der Waals surface area contributed by atoms with Crippen molar-refractivity contribution < 1.29 is 19.6 Å². The van der Waals surface area contributed by atoms with E-state index in [-0.39, 0.29) is 22.6 Å². The average molecular weight is 359 g/mol. The zero-order chi connectivity index (χ0) is 16.3. The van der Waals surface area contributed by atoms with Crippen LogP contribution < -0.4 is 4.74 Å². The summed E-state index contributed by atoms with van der Waals surface area (Å²) >= 11 is 3.24. The molecule has 0 spiro atoms. The summed E-state index contributed by atoms with van der Waals surface area (Å²) in [7, 11) is 4.75. The molecule has 0 saturated carbocycles. The maximum atomic E-state index is 11.4. The summed E-state index contributed by atoms with van der Waals surface area (Å²) in [6.45, 7) is 1.56. The van der Waals surface area contributed by atoms with E-state index in [2.05, 4.69) is 15.9 Å². The lowest BCUT2D eigenvalue weighted by atomic mass is 10.0. The first-order chi connectivity index (χ1) is 9.72. The normalized spacial score (nSPS) is 10.7. The average Bonchev–Trinajstić information content (AvgIpc) is 2.38. The Bertz CT molecular complexity index is 626. The molecule has 0 aliphatic heterocycles. The van der Waals surface area contributed by atoms with Crippen LogP contribution in [-0.2, 0) is 0 Å². The summed E-state index contributed by atoms with van der Waals surface area (Å²) in [5, 5.41) is 20.6. The van der Waals surface area contributed by atoms with E-state index in [1.807, 2.05) is 0 Å². The molecule has 7 nitrogen and oxygen atoms in total. The molecule has 0 unspecified atom stereocenters. The fourth-order valence-electron chi connectivity index (χ4n) is 1.84. The van der Waals surface area contributed by atoms with Crippen molar-refractivity contribution in [1.82, 2.24) is 4.90 Å². The van der Waals surface area contributed by atoms with Crippen LogP contribution in [0.5, 0.6) is 5.75 Å². The number of halogens is 1.